The third-order valence-corrected chi connectivity index (χ3v) is 6.67. The van der Waals surface area contributed by atoms with Crippen molar-refractivity contribution in [2.75, 3.05) is 33.9 Å². The summed E-state index contributed by atoms with van der Waals surface area (Å²) in [5.41, 5.74) is 1.76. The summed E-state index contributed by atoms with van der Waals surface area (Å²) in [6, 6.07) is 11.6. The number of amides is 2. The number of aromatic nitrogens is 1. The van der Waals surface area contributed by atoms with Crippen LogP contribution in [0.5, 0.6) is 11.6 Å². The van der Waals surface area contributed by atoms with Gasteiger partial charge in [-0.3, -0.25) is 14.5 Å². The number of likely N-dealkylation sites (tertiary alicyclic amines) is 1. The number of benzene rings is 1. The molecule has 0 radical (unpaired) electrons. The second-order valence-corrected chi connectivity index (χ2v) is 8.77. The highest BCUT2D eigenvalue weighted by molar-refractivity contribution is 5.96. The molecule has 8 nitrogen and oxygen atoms in total. The van der Waals surface area contributed by atoms with Gasteiger partial charge >= 0.3 is 0 Å². The number of hydrogen-bond acceptors (Lipinski definition) is 6. The molecule has 2 fully saturated rings. The predicted octanol–water partition coefficient (Wildman–Crippen LogP) is 2.36. The number of ether oxygens (including phenoxy) is 2. The van der Waals surface area contributed by atoms with Crippen LogP contribution in [0.1, 0.15) is 47.5 Å². The standard InChI is InChI=1S/C25H32N4O4/c1-32-22-5-3-4-18(12-22)25(31)27-14-23(30)28-20-15-29(16-20)21-9-6-17(7-10-21)19-8-11-24(33-2)26-13-19/h3-5,8,11-13,17,20-21H,6-7,9-10,14-16H2,1-2H3,(H,27,31)(H,28,30). The molecule has 2 N–H and O–H groups in total. The number of carbonyl (C=O) groups excluding carboxylic acids is 2. The van der Waals surface area contributed by atoms with Crippen LogP contribution >= 0.6 is 0 Å². The fourth-order valence-electron chi connectivity index (χ4n) is 4.74. The molecule has 4 rings (SSSR count). The average molecular weight is 453 g/mol. The fourth-order valence-corrected chi connectivity index (χ4v) is 4.74. The van der Waals surface area contributed by atoms with E-state index in [2.05, 4.69) is 26.6 Å². The third kappa shape index (κ3) is 5.82. The molecule has 2 amide bonds. The molecular weight excluding hydrogens is 420 g/mol. The van der Waals surface area contributed by atoms with Crippen molar-refractivity contribution < 1.29 is 19.1 Å². The van der Waals surface area contributed by atoms with Crippen LogP contribution in [0.2, 0.25) is 0 Å². The zero-order valence-corrected chi connectivity index (χ0v) is 19.3. The number of nitrogens with zero attached hydrogens (tertiary/aromatic N) is 2. The molecule has 1 aromatic heterocycles. The van der Waals surface area contributed by atoms with Crippen LogP contribution in [0, 0.1) is 0 Å². The Morgan fingerprint density at radius 1 is 1.06 bits per heavy atom. The number of methoxy groups -OCH3 is 2. The van der Waals surface area contributed by atoms with E-state index in [1.807, 2.05) is 12.3 Å². The Bertz CT molecular complexity index is 951. The zero-order valence-electron chi connectivity index (χ0n) is 19.3. The maximum Gasteiger partial charge on any atom is 0.251 e. The summed E-state index contributed by atoms with van der Waals surface area (Å²) in [6.07, 6.45) is 6.57. The molecule has 1 aromatic carbocycles. The van der Waals surface area contributed by atoms with E-state index in [4.69, 9.17) is 9.47 Å². The minimum Gasteiger partial charge on any atom is -0.497 e. The number of pyridine rings is 1. The van der Waals surface area contributed by atoms with Gasteiger partial charge in [0.1, 0.15) is 5.75 Å². The molecule has 2 heterocycles. The second kappa shape index (κ2) is 10.7. The molecule has 1 saturated carbocycles. The highest BCUT2D eigenvalue weighted by Crippen LogP contribution is 2.36. The maximum absolute atomic E-state index is 12.2. The Hall–Kier alpha value is -3.13. The molecule has 176 valence electrons. The molecule has 0 bridgehead atoms. The molecule has 2 aromatic rings. The van der Waals surface area contributed by atoms with Gasteiger partial charge in [-0.15, -0.1) is 0 Å². The van der Waals surface area contributed by atoms with Gasteiger partial charge in [-0.05, 0) is 55.4 Å². The minimum atomic E-state index is -0.289. The van der Waals surface area contributed by atoms with Crippen LogP contribution in [-0.2, 0) is 4.79 Å². The van der Waals surface area contributed by atoms with Crippen LogP contribution < -0.4 is 20.1 Å². The summed E-state index contributed by atoms with van der Waals surface area (Å²) < 4.78 is 10.3. The first kappa shape index (κ1) is 23.0. The van der Waals surface area contributed by atoms with Gasteiger partial charge in [0, 0.05) is 37.0 Å². The zero-order chi connectivity index (χ0) is 23.2. The number of nitrogens with one attached hydrogen (secondary N) is 2. The molecule has 0 unspecified atom stereocenters. The van der Waals surface area contributed by atoms with E-state index in [0.717, 1.165) is 38.8 Å². The summed E-state index contributed by atoms with van der Waals surface area (Å²) in [5.74, 6) is 1.37. The van der Waals surface area contributed by atoms with Gasteiger partial charge in [0.2, 0.25) is 11.8 Å². The van der Waals surface area contributed by atoms with Crippen LogP contribution in [0.15, 0.2) is 42.6 Å². The highest BCUT2D eigenvalue weighted by atomic mass is 16.5. The van der Waals surface area contributed by atoms with E-state index in [-0.39, 0.29) is 24.4 Å². The normalized spacial score (nSPS) is 21.0. The van der Waals surface area contributed by atoms with Crippen molar-refractivity contribution in [3.05, 3.63) is 53.7 Å². The Labute approximate surface area is 194 Å². The summed E-state index contributed by atoms with van der Waals surface area (Å²) in [7, 11) is 3.19. The van der Waals surface area contributed by atoms with Crippen LogP contribution in [0.25, 0.3) is 0 Å². The van der Waals surface area contributed by atoms with E-state index in [0.29, 0.717) is 29.2 Å². The van der Waals surface area contributed by atoms with Gasteiger partial charge in [0.15, 0.2) is 0 Å². The average Bonchev–Trinajstić information content (AvgIpc) is 2.84. The molecule has 0 atom stereocenters. The molecule has 1 saturated heterocycles. The lowest BCUT2D eigenvalue weighted by Gasteiger charge is -2.46. The lowest BCUT2D eigenvalue weighted by molar-refractivity contribution is -0.122. The lowest BCUT2D eigenvalue weighted by Crippen LogP contribution is -2.63. The molecule has 2 aliphatic rings. The Morgan fingerprint density at radius 3 is 2.52 bits per heavy atom. The maximum atomic E-state index is 12.2. The quantitative estimate of drug-likeness (QED) is 0.639. The van der Waals surface area contributed by atoms with Gasteiger partial charge in [0.05, 0.1) is 26.8 Å². The van der Waals surface area contributed by atoms with E-state index in [1.54, 1.807) is 38.5 Å². The molecular formula is C25H32N4O4. The van der Waals surface area contributed by atoms with E-state index in [9.17, 15) is 9.59 Å². The van der Waals surface area contributed by atoms with Gasteiger partial charge in [-0.25, -0.2) is 4.98 Å². The van der Waals surface area contributed by atoms with Gasteiger partial charge in [-0.1, -0.05) is 12.1 Å². The second-order valence-electron chi connectivity index (χ2n) is 8.77. The van der Waals surface area contributed by atoms with Crippen molar-refractivity contribution in [2.45, 2.75) is 43.7 Å². The molecule has 0 spiro atoms. The Balaban J connectivity index is 1.14. The first-order valence-electron chi connectivity index (χ1n) is 11.5. The SMILES string of the molecule is COc1cccc(C(=O)NCC(=O)NC2CN(C3CCC(c4ccc(OC)nc4)CC3)C2)c1. The van der Waals surface area contributed by atoms with Crippen molar-refractivity contribution in [3.8, 4) is 11.6 Å². The topological polar surface area (TPSA) is 92.8 Å². The van der Waals surface area contributed by atoms with Crippen molar-refractivity contribution >= 4 is 11.8 Å². The number of rotatable bonds is 8. The molecule has 33 heavy (non-hydrogen) atoms. The summed E-state index contributed by atoms with van der Waals surface area (Å²) in [6.45, 7) is 1.71. The predicted molar refractivity (Wildman–Crippen MR) is 125 cm³/mol. The van der Waals surface area contributed by atoms with Gasteiger partial charge in [0.25, 0.3) is 5.91 Å². The smallest absolute Gasteiger partial charge is 0.251 e. The van der Waals surface area contributed by atoms with Crippen molar-refractivity contribution in [1.29, 1.82) is 0 Å². The van der Waals surface area contributed by atoms with Gasteiger partial charge in [-0.2, -0.15) is 0 Å². The Kier molecular flexibility index (Phi) is 7.44. The first-order valence-corrected chi connectivity index (χ1v) is 11.5. The minimum absolute atomic E-state index is 0.0342. The number of hydrogen-bond donors (Lipinski definition) is 2. The molecule has 1 aliphatic carbocycles. The molecule has 8 heteroatoms. The fraction of sp³-hybridized carbons (Fsp3) is 0.480. The van der Waals surface area contributed by atoms with Crippen molar-refractivity contribution in [2.24, 2.45) is 0 Å². The monoisotopic (exact) mass is 452 g/mol. The van der Waals surface area contributed by atoms with Crippen LogP contribution in [0.4, 0.5) is 0 Å². The molecule has 1 aliphatic heterocycles. The summed E-state index contributed by atoms with van der Waals surface area (Å²) >= 11 is 0. The lowest BCUT2D eigenvalue weighted by atomic mass is 9.81. The largest absolute Gasteiger partial charge is 0.497 e. The van der Waals surface area contributed by atoms with Crippen LogP contribution in [-0.4, -0.2) is 67.6 Å². The van der Waals surface area contributed by atoms with E-state index >= 15 is 0 Å². The third-order valence-electron chi connectivity index (χ3n) is 6.67. The first-order chi connectivity index (χ1) is 16.1. The van der Waals surface area contributed by atoms with Crippen molar-refractivity contribution in [1.82, 2.24) is 20.5 Å². The van der Waals surface area contributed by atoms with E-state index < -0.39 is 0 Å². The summed E-state index contributed by atoms with van der Waals surface area (Å²) in [4.78, 5) is 31.3. The van der Waals surface area contributed by atoms with Crippen molar-refractivity contribution in [3.63, 3.8) is 0 Å². The number of carbonyl (C=O) groups is 2. The van der Waals surface area contributed by atoms with E-state index in [1.165, 1.54) is 5.56 Å². The van der Waals surface area contributed by atoms with Crippen LogP contribution in [0.3, 0.4) is 0 Å². The summed E-state index contributed by atoms with van der Waals surface area (Å²) in [5, 5.41) is 5.69. The highest BCUT2D eigenvalue weighted by Gasteiger charge is 2.35. The van der Waals surface area contributed by atoms with Gasteiger partial charge < -0.3 is 20.1 Å². The Morgan fingerprint density at radius 2 is 1.85 bits per heavy atom.